The minimum absolute atomic E-state index is 0.0620. The Labute approximate surface area is 255 Å². The van der Waals surface area contributed by atoms with Crippen LogP contribution in [0.15, 0.2) is 60.7 Å². The molecule has 1 fully saturated rings. The number of phenolic OH excluding ortho intramolecular Hbond substituents is 1. The van der Waals surface area contributed by atoms with Gasteiger partial charge in [-0.1, -0.05) is 71.9 Å². The van der Waals surface area contributed by atoms with Crippen LogP contribution < -0.4 is 20.7 Å². The Hall–Kier alpha value is -4.04. The monoisotopic (exact) mass is 586 g/mol. The number of ether oxygens (including phenoxy) is 1. The topological polar surface area (TPSA) is 103 Å². The number of anilines is 2. The molecule has 0 atom stereocenters. The molecule has 3 aromatic rings. The Morgan fingerprint density at radius 2 is 1.47 bits per heavy atom. The van der Waals surface area contributed by atoms with Crippen molar-refractivity contribution in [3.8, 4) is 11.5 Å². The zero-order valence-corrected chi connectivity index (χ0v) is 26.5. The Balaban J connectivity index is 1.46. The van der Waals surface area contributed by atoms with Crippen molar-refractivity contribution >= 4 is 23.3 Å². The van der Waals surface area contributed by atoms with Crippen LogP contribution in [0.4, 0.5) is 16.2 Å². The first kappa shape index (κ1) is 31.9. The number of hydrogen-bond donors (Lipinski definition) is 4. The first-order valence-corrected chi connectivity index (χ1v) is 15.0. The van der Waals surface area contributed by atoms with Gasteiger partial charge in [0, 0.05) is 48.4 Å². The predicted octanol–water partition coefficient (Wildman–Crippen LogP) is 7.03. The van der Waals surface area contributed by atoms with E-state index in [1.54, 1.807) is 37.4 Å². The molecule has 3 aromatic carbocycles. The van der Waals surface area contributed by atoms with Gasteiger partial charge in [0.25, 0.3) is 5.91 Å². The Morgan fingerprint density at radius 3 is 2.02 bits per heavy atom. The van der Waals surface area contributed by atoms with E-state index < -0.39 is 0 Å². The van der Waals surface area contributed by atoms with Crippen LogP contribution in [0.25, 0.3) is 0 Å². The summed E-state index contributed by atoms with van der Waals surface area (Å²) in [6.07, 6.45) is 1.72. The van der Waals surface area contributed by atoms with Gasteiger partial charge in [0.05, 0.1) is 18.5 Å². The lowest BCUT2D eigenvalue weighted by atomic mass is 9.78. The third-order valence-corrected chi connectivity index (χ3v) is 7.88. The fraction of sp³-hybridized carbons (Fsp3) is 0.429. The quantitative estimate of drug-likeness (QED) is 0.238. The summed E-state index contributed by atoms with van der Waals surface area (Å²) in [5, 5.41) is 20.1. The van der Waals surface area contributed by atoms with Gasteiger partial charge >= 0.3 is 6.03 Å². The van der Waals surface area contributed by atoms with E-state index in [1.165, 1.54) is 5.56 Å². The number of piperidine rings is 1. The van der Waals surface area contributed by atoms with Crippen molar-refractivity contribution in [1.29, 1.82) is 0 Å². The lowest BCUT2D eigenvalue weighted by Crippen LogP contribution is -2.45. The van der Waals surface area contributed by atoms with E-state index in [9.17, 15) is 14.7 Å². The number of nitrogens with zero attached hydrogens (tertiary/aromatic N) is 1. The lowest BCUT2D eigenvalue weighted by Gasteiger charge is -2.32. The lowest BCUT2D eigenvalue weighted by molar-refractivity contribution is 0.102. The number of carbonyl (C=O) groups is 2. The van der Waals surface area contributed by atoms with Gasteiger partial charge < -0.3 is 25.8 Å². The molecular formula is C35H46N4O4. The molecule has 0 radical (unpaired) electrons. The highest BCUT2D eigenvalue weighted by Gasteiger charge is 2.28. The number of urea groups is 1. The van der Waals surface area contributed by atoms with Crippen molar-refractivity contribution in [3.63, 3.8) is 0 Å². The molecule has 1 heterocycles. The molecule has 230 valence electrons. The minimum Gasteiger partial charge on any atom is -0.507 e. The first-order valence-electron chi connectivity index (χ1n) is 15.0. The molecule has 1 aliphatic heterocycles. The van der Waals surface area contributed by atoms with Gasteiger partial charge in [0.2, 0.25) is 0 Å². The smallest absolute Gasteiger partial charge is 0.319 e. The van der Waals surface area contributed by atoms with E-state index in [0.29, 0.717) is 33.8 Å². The molecule has 3 amide bonds. The second-order valence-electron chi connectivity index (χ2n) is 13.4. The number of rotatable bonds is 7. The Bertz CT molecular complexity index is 1400. The van der Waals surface area contributed by atoms with Crippen LogP contribution in [-0.2, 0) is 17.4 Å². The fourth-order valence-corrected chi connectivity index (χ4v) is 5.39. The summed E-state index contributed by atoms with van der Waals surface area (Å²) >= 11 is 0. The van der Waals surface area contributed by atoms with Gasteiger partial charge in [-0.3, -0.25) is 9.69 Å². The molecule has 0 aliphatic carbocycles. The van der Waals surface area contributed by atoms with Crippen LogP contribution in [0.1, 0.15) is 81.4 Å². The largest absolute Gasteiger partial charge is 0.507 e. The summed E-state index contributed by atoms with van der Waals surface area (Å²) < 4.78 is 5.40. The number of hydrogen-bond acceptors (Lipinski definition) is 5. The summed E-state index contributed by atoms with van der Waals surface area (Å²) in [5.41, 5.74) is 3.23. The van der Waals surface area contributed by atoms with E-state index in [-0.39, 0.29) is 34.6 Å². The molecule has 0 spiro atoms. The van der Waals surface area contributed by atoms with Gasteiger partial charge in [-0.25, -0.2) is 4.79 Å². The third kappa shape index (κ3) is 8.29. The zero-order chi connectivity index (χ0) is 31.4. The van der Waals surface area contributed by atoms with Crippen LogP contribution in [0.5, 0.6) is 11.5 Å². The average Bonchev–Trinajstić information content (AvgIpc) is 2.94. The van der Waals surface area contributed by atoms with Crippen LogP contribution >= 0.6 is 0 Å². The van der Waals surface area contributed by atoms with Crippen LogP contribution in [0, 0.1) is 0 Å². The summed E-state index contributed by atoms with van der Waals surface area (Å²) in [6, 6.07) is 18.8. The van der Waals surface area contributed by atoms with Crippen molar-refractivity contribution in [2.45, 2.75) is 77.8 Å². The highest BCUT2D eigenvalue weighted by Crippen LogP contribution is 2.40. The fourth-order valence-electron chi connectivity index (χ4n) is 5.39. The summed E-state index contributed by atoms with van der Waals surface area (Å²) in [6.45, 7) is 14.8. The minimum atomic E-state index is -0.376. The Kier molecular flexibility index (Phi) is 9.70. The van der Waals surface area contributed by atoms with Crippen molar-refractivity contribution in [1.82, 2.24) is 10.2 Å². The standard InChI is InChI=1S/C35H46N4O4/c1-34(2,3)27-19-24(20-28(31(27)40)35(4,5)6)32(41)37-30-21-26(43-7)13-14-29(30)38-33(42)36-25-15-17-39(18-16-25)22-23-11-9-8-10-12-23/h8-14,19-21,25,40H,15-18,22H2,1-7H3,(H,37,41)(H2,36,38,42). The first-order chi connectivity index (χ1) is 20.2. The van der Waals surface area contributed by atoms with Crippen molar-refractivity contribution in [2.24, 2.45) is 0 Å². The van der Waals surface area contributed by atoms with Crippen LogP contribution in [0.3, 0.4) is 0 Å². The van der Waals surface area contributed by atoms with Crippen LogP contribution in [-0.4, -0.2) is 48.2 Å². The van der Waals surface area contributed by atoms with E-state index in [4.69, 9.17) is 4.74 Å². The molecule has 0 bridgehead atoms. The van der Waals surface area contributed by atoms with E-state index in [0.717, 1.165) is 32.5 Å². The molecule has 8 nitrogen and oxygen atoms in total. The van der Waals surface area contributed by atoms with Gasteiger partial charge in [-0.15, -0.1) is 0 Å². The molecule has 43 heavy (non-hydrogen) atoms. The molecule has 0 unspecified atom stereocenters. The maximum Gasteiger partial charge on any atom is 0.319 e. The normalized spacial score (nSPS) is 14.7. The average molecular weight is 587 g/mol. The number of nitrogens with one attached hydrogen (secondary N) is 3. The number of phenols is 1. The second kappa shape index (κ2) is 13.1. The van der Waals surface area contributed by atoms with Gasteiger partial charge in [-0.05, 0) is 53.5 Å². The SMILES string of the molecule is COc1ccc(NC(=O)NC2CCN(Cc3ccccc3)CC2)c(NC(=O)c2cc(C(C)(C)C)c(O)c(C(C)(C)C)c2)c1. The maximum atomic E-state index is 13.6. The number of likely N-dealkylation sites (tertiary alicyclic amines) is 1. The van der Waals surface area contributed by atoms with E-state index in [1.807, 2.05) is 47.6 Å². The maximum absolute atomic E-state index is 13.6. The van der Waals surface area contributed by atoms with Crippen molar-refractivity contribution in [3.05, 3.63) is 82.9 Å². The molecule has 0 saturated carbocycles. The van der Waals surface area contributed by atoms with E-state index >= 15 is 0 Å². The zero-order valence-electron chi connectivity index (χ0n) is 26.5. The second-order valence-corrected chi connectivity index (χ2v) is 13.4. The number of aromatic hydroxyl groups is 1. The van der Waals surface area contributed by atoms with Crippen molar-refractivity contribution in [2.75, 3.05) is 30.8 Å². The molecule has 1 aliphatic rings. The number of carbonyl (C=O) groups excluding carboxylic acids is 2. The molecular weight excluding hydrogens is 540 g/mol. The predicted molar refractivity (Wildman–Crippen MR) is 173 cm³/mol. The van der Waals surface area contributed by atoms with Gasteiger partial charge in [0.1, 0.15) is 11.5 Å². The third-order valence-electron chi connectivity index (χ3n) is 7.88. The summed E-state index contributed by atoms with van der Waals surface area (Å²) in [5.74, 6) is 0.407. The number of amides is 3. The highest BCUT2D eigenvalue weighted by atomic mass is 16.5. The van der Waals surface area contributed by atoms with Crippen molar-refractivity contribution < 1.29 is 19.4 Å². The number of benzene rings is 3. The van der Waals surface area contributed by atoms with Gasteiger partial charge in [-0.2, -0.15) is 0 Å². The van der Waals surface area contributed by atoms with E-state index in [2.05, 4.69) is 45.1 Å². The molecule has 8 heteroatoms. The van der Waals surface area contributed by atoms with Crippen LogP contribution in [0.2, 0.25) is 0 Å². The molecule has 1 saturated heterocycles. The summed E-state index contributed by atoms with van der Waals surface area (Å²) in [7, 11) is 1.55. The van der Waals surface area contributed by atoms with Gasteiger partial charge in [0.15, 0.2) is 0 Å². The highest BCUT2D eigenvalue weighted by molar-refractivity contribution is 6.07. The molecule has 0 aromatic heterocycles. The molecule has 4 rings (SSSR count). The molecule has 4 N–H and O–H groups in total. The summed E-state index contributed by atoms with van der Waals surface area (Å²) in [4.78, 5) is 29.1. The Morgan fingerprint density at radius 1 is 0.860 bits per heavy atom. The number of methoxy groups -OCH3 is 1.